The third-order valence-electron chi connectivity index (χ3n) is 11.0. The number of hydrogen-bond acceptors (Lipinski definition) is 4. The zero-order valence-corrected chi connectivity index (χ0v) is 20.9. The maximum absolute atomic E-state index is 14.1. The van der Waals surface area contributed by atoms with Crippen molar-refractivity contribution in [3.8, 4) is 0 Å². The summed E-state index contributed by atoms with van der Waals surface area (Å²) in [7, 11) is 0. The van der Waals surface area contributed by atoms with E-state index in [1.807, 2.05) is 6.92 Å². The van der Waals surface area contributed by atoms with Crippen LogP contribution in [0.15, 0.2) is 12.2 Å². The van der Waals surface area contributed by atoms with Gasteiger partial charge in [-0.2, -0.15) is 0 Å². The van der Waals surface area contributed by atoms with Gasteiger partial charge in [-0.3, -0.25) is 4.79 Å². The molecular weight excluding hydrogens is 400 g/mol. The number of carbonyl (C=O) groups is 2. The van der Waals surface area contributed by atoms with Crippen LogP contribution < -0.4 is 0 Å². The van der Waals surface area contributed by atoms with Crippen molar-refractivity contribution in [2.75, 3.05) is 0 Å². The summed E-state index contributed by atoms with van der Waals surface area (Å²) in [6, 6.07) is 0. The molecule has 4 nitrogen and oxygen atoms in total. The summed E-state index contributed by atoms with van der Waals surface area (Å²) in [4.78, 5) is 26.6. The van der Waals surface area contributed by atoms with E-state index in [0.717, 1.165) is 19.1 Å². The fraction of sp³-hybridized carbons (Fsp3) is 0.857. The Balaban J connectivity index is 1.66. The van der Waals surface area contributed by atoms with E-state index < -0.39 is 28.5 Å². The lowest BCUT2D eigenvalue weighted by atomic mass is 9.63. The average molecular weight is 445 g/mol. The average Bonchev–Trinajstić information content (AvgIpc) is 3.23. The SMILES string of the molecule is CC(C)C(C)C=CC(C)C1CCC2CC3(CC21C)C(=O)C1(C)CCC(O)CC1(O)C3C=O. The maximum Gasteiger partial charge on any atom is 0.148 e. The number of carbonyl (C=O) groups excluding carboxylic acids is 2. The van der Waals surface area contributed by atoms with Crippen molar-refractivity contribution < 1.29 is 19.8 Å². The number of ketones is 1. The quantitative estimate of drug-likeness (QED) is 0.464. The van der Waals surface area contributed by atoms with E-state index in [1.165, 1.54) is 6.42 Å². The first-order valence-electron chi connectivity index (χ1n) is 12.9. The van der Waals surface area contributed by atoms with E-state index in [4.69, 9.17) is 0 Å². The summed E-state index contributed by atoms with van der Waals surface area (Å²) in [5.74, 6) is 1.87. The first-order valence-corrected chi connectivity index (χ1v) is 12.9. The fourth-order valence-electron chi connectivity index (χ4n) is 8.65. The molecule has 0 aromatic rings. The highest BCUT2D eigenvalue weighted by atomic mass is 16.3. The molecule has 4 aliphatic rings. The molecule has 0 aromatic heterocycles. The number of Topliss-reactive ketones (excluding diaryl/α,β-unsaturated/α-hetero) is 1. The molecule has 0 heterocycles. The minimum atomic E-state index is -1.42. The van der Waals surface area contributed by atoms with Crippen LogP contribution in [0.5, 0.6) is 0 Å². The molecule has 0 aliphatic heterocycles. The topological polar surface area (TPSA) is 74.6 Å². The molecular formula is C28H44O4. The summed E-state index contributed by atoms with van der Waals surface area (Å²) < 4.78 is 0. The molecule has 32 heavy (non-hydrogen) atoms. The van der Waals surface area contributed by atoms with Gasteiger partial charge in [-0.05, 0) is 80.5 Å². The van der Waals surface area contributed by atoms with Gasteiger partial charge in [0.25, 0.3) is 0 Å². The van der Waals surface area contributed by atoms with Crippen LogP contribution >= 0.6 is 0 Å². The molecule has 0 aromatic carbocycles. The van der Waals surface area contributed by atoms with E-state index in [1.54, 1.807) is 0 Å². The van der Waals surface area contributed by atoms with Gasteiger partial charge in [-0.1, -0.05) is 46.8 Å². The van der Waals surface area contributed by atoms with E-state index >= 15 is 0 Å². The highest BCUT2D eigenvalue weighted by molar-refractivity contribution is 5.98. The van der Waals surface area contributed by atoms with Crippen LogP contribution in [0.2, 0.25) is 0 Å². The van der Waals surface area contributed by atoms with Crippen molar-refractivity contribution in [1.82, 2.24) is 0 Å². The number of aliphatic hydroxyl groups is 2. The minimum Gasteiger partial charge on any atom is -0.393 e. The molecule has 0 bridgehead atoms. The van der Waals surface area contributed by atoms with Gasteiger partial charge in [0.2, 0.25) is 0 Å². The maximum atomic E-state index is 14.1. The van der Waals surface area contributed by atoms with Crippen LogP contribution in [-0.2, 0) is 9.59 Å². The number of aliphatic hydroxyl groups excluding tert-OH is 1. The zero-order valence-electron chi connectivity index (χ0n) is 20.9. The van der Waals surface area contributed by atoms with E-state index in [0.29, 0.717) is 48.9 Å². The van der Waals surface area contributed by atoms with Crippen molar-refractivity contribution >= 4 is 12.1 Å². The molecule has 0 amide bonds. The van der Waals surface area contributed by atoms with Crippen molar-refractivity contribution in [3.63, 3.8) is 0 Å². The molecule has 10 atom stereocenters. The smallest absolute Gasteiger partial charge is 0.148 e. The monoisotopic (exact) mass is 444 g/mol. The Kier molecular flexibility index (Phi) is 5.86. The van der Waals surface area contributed by atoms with Crippen molar-refractivity contribution in [3.05, 3.63) is 12.2 Å². The second kappa shape index (κ2) is 7.77. The second-order valence-electron chi connectivity index (χ2n) is 12.9. The third-order valence-corrected chi connectivity index (χ3v) is 11.0. The molecule has 0 radical (unpaired) electrons. The van der Waals surface area contributed by atoms with Crippen molar-refractivity contribution in [2.45, 2.75) is 98.2 Å². The Labute approximate surface area is 194 Å². The number of hydrogen-bond donors (Lipinski definition) is 2. The summed E-state index contributed by atoms with van der Waals surface area (Å²) in [5, 5.41) is 22.1. The van der Waals surface area contributed by atoms with Crippen LogP contribution in [-0.4, -0.2) is 34.0 Å². The van der Waals surface area contributed by atoms with Gasteiger partial charge in [0.05, 0.1) is 23.0 Å². The molecule has 10 unspecified atom stereocenters. The molecule has 1 spiro atoms. The first-order chi connectivity index (χ1) is 14.9. The van der Waals surface area contributed by atoms with Gasteiger partial charge in [0.1, 0.15) is 12.1 Å². The summed E-state index contributed by atoms with van der Waals surface area (Å²) in [5.41, 5.74) is -3.13. The van der Waals surface area contributed by atoms with E-state index in [9.17, 15) is 19.8 Å². The lowest BCUT2D eigenvalue weighted by molar-refractivity contribution is -0.158. The largest absolute Gasteiger partial charge is 0.393 e. The Morgan fingerprint density at radius 1 is 1.03 bits per heavy atom. The highest BCUT2D eigenvalue weighted by Gasteiger charge is 2.77. The predicted molar refractivity (Wildman–Crippen MR) is 126 cm³/mol. The Bertz CT molecular complexity index is 803. The number of allylic oxidation sites excluding steroid dienone is 2. The molecule has 2 N–H and O–H groups in total. The number of aldehydes is 1. The Morgan fingerprint density at radius 3 is 2.34 bits per heavy atom. The summed E-state index contributed by atoms with van der Waals surface area (Å²) in [6.45, 7) is 13.3. The van der Waals surface area contributed by atoms with Gasteiger partial charge in [-0.25, -0.2) is 0 Å². The van der Waals surface area contributed by atoms with E-state index in [-0.39, 0.29) is 17.6 Å². The number of rotatable bonds is 5. The molecule has 4 saturated carbocycles. The van der Waals surface area contributed by atoms with Crippen molar-refractivity contribution in [1.29, 1.82) is 0 Å². The van der Waals surface area contributed by atoms with Gasteiger partial charge < -0.3 is 15.0 Å². The second-order valence-corrected chi connectivity index (χ2v) is 12.9. The normalized spacial score (nSPS) is 50.2. The van der Waals surface area contributed by atoms with Crippen LogP contribution in [0, 0.1) is 51.8 Å². The van der Waals surface area contributed by atoms with E-state index in [2.05, 4.69) is 46.8 Å². The lowest BCUT2D eigenvalue weighted by Gasteiger charge is -2.45. The fourth-order valence-corrected chi connectivity index (χ4v) is 8.65. The molecule has 4 heteroatoms. The van der Waals surface area contributed by atoms with Gasteiger partial charge in [0.15, 0.2) is 0 Å². The molecule has 4 rings (SSSR count). The van der Waals surface area contributed by atoms with Gasteiger partial charge in [-0.15, -0.1) is 0 Å². The molecule has 180 valence electrons. The zero-order chi connectivity index (χ0) is 23.7. The first kappa shape index (κ1) is 24.1. The van der Waals surface area contributed by atoms with Crippen LogP contribution in [0.3, 0.4) is 0 Å². The third kappa shape index (κ3) is 3.07. The molecule has 4 aliphatic carbocycles. The summed E-state index contributed by atoms with van der Waals surface area (Å²) >= 11 is 0. The summed E-state index contributed by atoms with van der Waals surface area (Å²) in [6.07, 6.45) is 9.76. The minimum absolute atomic E-state index is 0.000571. The predicted octanol–water partition coefficient (Wildman–Crippen LogP) is 4.96. The van der Waals surface area contributed by atoms with Crippen LogP contribution in [0.4, 0.5) is 0 Å². The molecule has 0 saturated heterocycles. The molecule has 4 fully saturated rings. The Hall–Kier alpha value is -1.00. The van der Waals surface area contributed by atoms with Crippen LogP contribution in [0.25, 0.3) is 0 Å². The lowest BCUT2D eigenvalue weighted by Crippen LogP contribution is -2.54. The van der Waals surface area contributed by atoms with Gasteiger partial charge >= 0.3 is 0 Å². The van der Waals surface area contributed by atoms with Crippen LogP contribution in [0.1, 0.15) is 86.5 Å². The standard InChI is InChI=1S/C28H44O4/c1-17(2)18(3)7-8-19(4)22-10-9-20-13-27(16-25(20,22)5)23(15-29)28(32)14-21(30)11-12-26(28,6)24(27)31/h7-8,15,17-23,30,32H,9-14,16H2,1-6H3. The number of fused-ring (bicyclic) bond motifs is 2. The van der Waals surface area contributed by atoms with Crippen molar-refractivity contribution in [2.24, 2.45) is 51.8 Å². The van der Waals surface area contributed by atoms with Gasteiger partial charge in [0, 0.05) is 11.8 Å². The highest BCUT2D eigenvalue weighted by Crippen LogP contribution is 2.73. The Morgan fingerprint density at radius 2 is 1.72 bits per heavy atom.